The van der Waals surface area contributed by atoms with Crippen molar-refractivity contribution >= 4 is 5.69 Å². The van der Waals surface area contributed by atoms with Gasteiger partial charge in [0.15, 0.2) is 0 Å². The van der Waals surface area contributed by atoms with E-state index < -0.39 is 0 Å². The summed E-state index contributed by atoms with van der Waals surface area (Å²) in [6.07, 6.45) is 2.52. The monoisotopic (exact) mass is 262 g/mol. The standard InChI is InChI=1S/C16H26N2O/c1-13(2)11-17-12-14-5-3-4-6-16(14)18(9-10-19)15-7-8-15/h3-6,13,15,17,19H,7-12H2,1-2H3. The van der Waals surface area contributed by atoms with Crippen LogP contribution in [0.4, 0.5) is 5.69 Å². The van der Waals surface area contributed by atoms with Gasteiger partial charge in [-0.15, -0.1) is 0 Å². The summed E-state index contributed by atoms with van der Waals surface area (Å²) >= 11 is 0. The minimum Gasteiger partial charge on any atom is -0.395 e. The summed E-state index contributed by atoms with van der Waals surface area (Å²) in [5, 5.41) is 12.8. The van der Waals surface area contributed by atoms with E-state index in [1.54, 1.807) is 0 Å². The lowest BCUT2D eigenvalue weighted by Crippen LogP contribution is -2.30. The second-order valence-electron chi connectivity index (χ2n) is 5.80. The van der Waals surface area contributed by atoms with Crippen molar-refractivity contribution in [3.8, 4) is 0 Å². The third-order valence-corrected chi connectivity index (χ3v) is 3.50. The van der Waals surface area contributed by atoms with Crippen LogP contribution in [0.2, 0.25) is 0 Å². The summed E-state index contributed by atoms with van der Waals surface area (Å²) in [6, 6.07) is 9.20. The second-order valence-corrected chi connectivity index (χ2v) is 5.80. The van der Waals surface area contributed by atoms with E-state index in [9.17, 15) is 5.11 Å². The van der Waals surface area contributed by atoms with Crippen LogP contribution in [0.1, 0.15) is 32.3 Å². The lowest BCUT2D eigenvalue weighted by molar-refractivity contribution is 0.301. The van der Waals surface area contributed by atoms with Crippen LogP contribution < -0.4 is 10.2 Å². The minimum atomic E-state index is 0.226. The molecule has 1 aliphatic carbocycles. The SMILES string of the molecule is CC(C)CNCc1ccccc1N(CCO)C1CC1. The highest BCUT2D eigenvalue weighted by molar-refractivity contribution is 5.55. The highest BCUT2D eigenvalue weighted by Gasteiger charge is 2.29. The fraction of sp³-hybridized carbons (Fsp3) is 0.625. The van der Waals surface area contributed by atoms with Crippen molar-refractivity contribution in [1.82, 2.24) is 5.32 Å². The number of para-hydroxylation sites is 1. The molecule has 0 aromatic heterocycles. The molecular formula is C16H26N2O. The molecule has 0 aliphatic heterocycles. The average molecular weight is 262 g/mol. The first-order chi connectivity index (χ1) is 9.22. The first-order valence-electron chi connectivity index (χ1n) is 7.38. The van der Waals surface area contributed by atoms with Gasteiger partial charge in [-0.1, -0.05) is 32.0 Å². The Bertz CT molecular complexity index is 388. The molecule has 1 aromatic rings. The third kappa shape index (κ3) is 4.22. The van der Waals surface area contributed by atoms with Gasteiger partial charge in [0.2, 0.25) is 0 Å². The van der Waals surface area contributed by atoms with E-state index in [1.807, 2.05) is 0 Å². The molecule has 106 valence electrons. The highest BCUT2D eigenvalue weighted by atomic mass is 16.3. The Labute approximate surface area is 116 Å². The van der Waals surface area contributed by atoms with Crippen LogP contribution in [0.3, 0.4) is 0 Å². The van der Waals surface area contributed by atoms with Crippen LogP contribution in [-0.4, -0.2) is 30.8 Å². The Morgan fingerprint density at radius 1 is 1.32 bits per heavy atom. The molecule has 3 nitrogen and oxygen atoms in total. The van der Waals surface area contributed by atoms with E-state index in [0.717, 1.165) is 19.6 Å². The van der Waals surface area contributed by atoms with Gasteiger partial charge in [0.25, 0.3) is 0 Å². The molecule has 0 bridgehead atoms. The van der Waals surface area contributed by atoms with E-state index >= 15 is 0 Å². The van der Waals surface area contributed by atoms with Gasteiger partial charge >= 0.3 is 0 Å². The smallest absolute Gasteiger partial charge is 0.0606 e. The largest absolute Gasteiger partial charge is 0.395 e. The molecule has 0 spiro atoms. The summed E-state index contributed by atoms with van der Waals surface area (Å²) in [6.45, 7) is 7.36. The molecule has 0 saturated heterocycles. The third-order valence-electron chi connectivity index (χ3n) is 3.50. The first-order valence-corrected chi connectivity index (χ1v) is 7.38. The topological polar surface area (TPSA) is 35.5 Å². The van der Waals surface area contributed by atoms with Gasteiger partial charge in [0, 0.05) is 24.8 Å². The number of aliphatic hydroxyl groups excluding tert-OH is 1. The van der Waals surface area contributed by atoms with Crippen molar-refractivity contribution in [3.05, 3.63) is 29.8 Å². The van der Waals surface area contributed by atoms with E-state index in [2.05, 4.69) is 48.3 Å². The maximum atomic E-state index is 9.26. The summed E-state index contributed by atoms with van der Waals surface area (Å²) in [5.74, 6) is 0.670. The predicted octanol–water partition coefficient (Wildman–Crippen LogP) is 2.39. The number of benzene rings is 1. The van der Waals surface area contributed by atoms with Crippen LogP contribution in [-0.2, 0) is 6.54 Å². The zero-order valence-electron chi connectivity index (χ0n) is 12.1. The van der Waals surface area contributed by atoms with Crippen molar-refractivity contribution in [2.24, 2.45) is 5.92 Å². The zero-order valence-corrected chi connectivity index (χ0v) is 12.1. The molecule has 0 radical (unpaired) electrons. The molecule has 0 amide bonds. The molecule has 1 saturated carbocycles. The van der Waals surface area contributed by atoms with E-state index in [0.29, 0.717) is 12.0 Å². The van der Waals surface area contributed by atoms with Crippen LogP contribution in [0, 0.1) is 5.92 Å². The predicted molar refractivity (Wildman–Crippen MR) is 80.4 cm³/mol. The van der Waals surface area contributed by atoms with Crippen LogP contribution in [0.15, 0.2) is 24.3 Å². The number of hydrogen-bond donors (Lipinski definition) is 2. The zero-order chi connectivity index (χ0) is 13.7. The van der Waals surface area contributed by atoms with Gasteiger partial charge in [-0.25, -0.2) is 0 Å². The second kappa shape index (κ2) is 6.92. The van der Waals surface area contributed by atoms with Gasteiger partial charge in [0.1, 0.15) is 0 Å². The summed E-state index contributed by atoms with van der Waals surface area (Å²) < 4.78 is 0. The summed E-state index contributed by atoms with van der Waals surface area (Å²) in [7, 11) is 0. The Balaban J connectivity index is 2.05. The fourth-order valence-electron chi connectivity index (χ4n) is 2.43. The number of nitrogens with zero attached hydrogens (tertiary/aromatic N) is 1. The molecule has 2 N–H and O–H groups in total. The van der Waals surface area contributed by atoms with Crippen LogP contribution in [0.25, 0.3) is 0 Å². The number of anilines is 1. The van der Waals surface area contributed by atoms with Crippen molar-refractivity contribution < 1.29 is 5.11 Å². The van der Waals surface area contributed by atoms with E-state index in [1.165, 1.54) is 24.1 Å². The summed E-state index contributed by atoms with van der Waals surface area (Å²) in [4.78, 5) is 2.37. The molecule has 19 heavy (non-hydrogen) atoms. The molecule has 1 fully saturated rings. The summed E-state index contributed by atoms with van der Waals surface area (Å²) in [5.41, 5.74) is 2.62. The van der Waals surface area contributed by atoms with E-state index in [-0.39, 0.29) is 6.61 Å². The Hall–Kier alpha value is -1.06. The molecule has 0 atom stereocenters. The van der Waals surface area contributed by atoms with Crippen molar-refractivity contribution in [2.75, 3.05) is 24.6 Å². The lowest BCUT2D eigenvalue weighted by atomic mass is 10.1. The number of hydrogen-bond acceptors (Lipinski definition) is 3. The molecule has 1 aromatic carbocycles. The van der Waals surface area contributed by atoms with Gasteiger partial charge < -0.3 is 15.3 Å². The van der Waals surface area contributed by atoms with Gasteiger partial charge in [-0.05, 0) is 36.9 Å². The maximum Gasteiger partial charge on any atom is 0.0606 e. The average Bonchev–Trinajstić information content (AvgIpc) is 3.21. The first kappa shape index (κ1) is 14.4. The van der Waals surface area contributed by atoms with Gasteiger partial charge in [-0.2, -0.15) is 0 Å². The molecule has 1 aliphatic rings. The fourth-order valence-corrected chi connectivity index (χ4v) is 2.43. The lowest BCUT2D eigenvalue weighted by Gasteiger charge is -2.26. The number of aliphatic hydroxyl groups is 1. The van der Waals surface area contributed by atoms with E-state index in [4.69, 9.17) is 0 Å². The van der Waals surface area contributed by atoms with Crippen LogP contribution in [0.5, 0.6) is 0 Å². The molecule has 0 heterocycles. The normalized spacial score (nSPS) is 14.9. The Morgan fingerprint density at radius 2 is 2.05 bits per heavy atom. The quantitative estimate of drug-likeness (QED) is 0.755. The highest BCUT2D eigenvalue weighted by Crippen LogP contribution is 2.33. The minimum absolute atomic E-state index is 0.226. The molecule has 2 rings (SSSR count). The van der Waals surface area contributed by atoms with Crippen molar-refractivity contribution in [1.29, 1.82) is 0 Å². The number of nitrogens with one attached hydrogen (secondary N) is 1. The van der Waals surface area contributed by atoms with Gasteiger partial charge in [-0.3, -0.25) is 0 Å². The Morgan fingerprint density at radius 3 is 2.68 bits per heavy atom. The Kier molecular flexibility index (Phi) is 5.23. The van der Waals surface area contributed by atoms with Crippen molar-refractivity contribution in [2.45, 2.75) is 39.3 Å². The molecule has 0 unspecified atom stereocenters. The number of rotatable bonds is 8. The molecular weight excluding hydrogens is 236 g/mol. The van der Waals surface area contributed by atoms with Crippen LogP contribution >= 0.6 is 0 Å². The maximum absolute atomic E-state index is 9.26. The van der Waals surface area contributed by atoms with Crippen molar-refractivity contribution in [3.63, 3.8) is 0 Å². The van der Waals surface area contributed by atoms with Gasteiger partial charge in [0.05, 0.1) is 6.61 Å². The molecule has 3 heteroatoms.